The lowest BCUT2D eigenvalue weighted by Crippen LogP contribution is -2.28. The van der Waals surface area contributed by atoms with E-state index in [1.807, 2.05) is 66.2 Å². The van der Waals surface area contributed by atoms with Crippen molar-refractivity contribution < 1.29 is 4.79 Å². The van der Waals surface area contributed by atoms with Crippen LogP contribution in [-0.2, 0) is 11.3 Å². The summed E-state index contributed by atoms with van der Waals surface area (Å²) < 4.78 is 1.82. The Bertz CT molecular complexity index is 764. The van der Waals surface area contributed by atoms with Gasteiger partial charge in [-0.3, -0.25) is 4.79 Å². The normalized spacial score (nSPS) is 12.2. The molecule has 0 fully saturated rings. The Morgan fingerprint density at radius 1 is 1.18 bits per heavy atom. The van der Waals surface area contributed by atoms with E-state index in [0.717, 1.165) is 23.1 Å². The summed E-state index contributed by atoms with van der Waals surface area (Å²) in [7, 11) is 0. The topological polar surface area (TPSA) is 46.4 Å². The summed E-state index contributed by atoms with van der Waals surface area (Å²) in [5.41, 5.74) is 3.11. The Hall–Kier alpha value is -2.62. The van der Waals surface area contributed by atoms with Crippen molar-refractivity contribution in [2.75, 3.05) is 0 Å². The van der Waals surface area contributed by atoms with Gasteiger partial charge in [-0.25, -0.2) is 4.52 Å². The van der Waals surface area contributed by atoms with Crippen LogP contribution in [0.1, 0.15) is 30.4 Å². The summed E-state index contributed by atoms with van der Waals surface area (Å²) in [4.78, 5) is 12.5. The molecular formula is C18H19N3O. The summed E-state index contributed by atoms with van der Waals surface area (Å²) in [5, 5.41) is 7.32. The number of hydrogen-bond acceptors (Lipinski definition) is 2. The van der Waals surface area contributed by atoms with Gasteiger partial charge in [-0.15, -0.1) is 0 Å². The first-order chi connectivity index (χ1) is 10.8. The molecule has 2 aromatic heterocycles. The third kappa shape index (κ3) is 2.86. The first kappa shape index (κ1) is 14.3. The smallest absolute Gasteiger partial charge is 0.227 e. The summed E-state index contributed by atoms with van der Waals surface area (Å²) in [5.74, 6) is -0.0491. The Kier molecular flexibility index (Phi) is 4.19. The highest BCUT2D eigenvalue weighted by Gasteiger charge is 2.18. The standard InChI is InChI=1S/C18H19N3O/c1-2-16(14-8-4-3-5-9-14)18(22)19-12-15-13-20-21-11-7-6-10-17(15)21/h3-11,13,16H,2,12H2,1H3,(H,19,22)/t16-/m1/s1. The predicted octanol–water partition coefficient (Wildman–Crippen LogP) is 3.14. The van der Waals surface area contributed by atoms with Gasteiger partial charge in [0.15, 0.2) is 0 Å². The van der Waals surface area contributed by atoms with E-state index in [-0.39, 0.29) is 11.8 Å². The maximum Gasteiger partial charge on any atom is 0.227 e. The molecule has 0 aliphatic carbocycles. The summed E-state index contributed by atoms with van der Waals surface area (Å²) in [6.07, 6.45) is 4.49. The number of benzene rings is 1. The highest BCUT2D eigenvalue weighted by molar-refractivity contribution is 5.83. The Balaban J connectivity index is 1.71. The van der Waals surface area contributed by atoms with E-state index in [9.17, 15) is 4.79 Å². The number of fused-ring (bicyclic) bond motifs is 1. The van der Waals surface area contributed by atoms with Crippen LogP contribution in [0.4, 0.5) is 0 Å². The molecule has 4 heteroatoms. The first-order valence-electron chi connectivity index (χ1n) is 7.53. The van der Waals surface area contributed by atoms with Crippen LogP contribution in [0.2, 0.25) is 0 Å². The molecule has 0 bridgehead atoms. The van der Waals surface area contributed by atoms with Gasteiger partial charge < -0.3 is 5.32 Å². The van der Waals surface area contributed by atoms with Crippen LogP contribution >= 0.6 is 0 Å². The maximum atomic E-state index is 12.5. The van der Waals surface area contributed by atoms with E-state index >= 15 is 0 Å². The number of pyridine rings is 1. The number of aromatic nitrogens is 2. The van der Waals surface area contributed by atoms with Crippen LogP contribution in [0.25, 0.3) is 5.52 Å². The molecule has 0 saturated heterocycles. The largest absolute Gasteiger partial charge is 0.351 e. The molecule has 3 aromatic rings. The molecule has 0 aliphatic rings. The number of carbonyl (C=O) groups is 1. The minimum Gasteiger partial charge on any atom is -0.351 e. The number of rotatable bonds is 5. The fraction of sp³-hybridized carbons (Fsp3) is 0.222. The van der Waals surface area contributed by atoms with Gasteiger partial charge in [-0.2, -0.15) is 5.10 Å². The van der Waals surface area contributed by atoms with Gasteiger partial charge in [0.1, 0.15) is 0 Å². The van der Waals surface area contributed by atoms with Crippen LogP contribution in [-0.4, -0.2) is 15.5 Å². The molecule has 22 heavy (non-hydrogen) atoms. The molecule has 1 aromatic carbocycles. The molecule has 0 spiro atoms. The van der Waals surface area contributed by atoms with Crippen molar-refractivity contribution >= 4 is 11.4 Å². The van der Waals surface area contributed by atoms with Gasteiger partial charge in [0.2, 0.25) is 5.91 Å². The fourth-order valence-corrected chi connectivity index (χ4v) is 2.69. The number of hydrogen-bond donors (Lipinski definition) is 1. The molecule has 2 heterocycles. The Morgan fingerprint density at radius 2 is 1.95 bits per heavy atom. The average Bonchev–Trinajstić information content (AvgIpc) is 2.98. The molecule has 0 aliphatic heterocycles. The molecule has 0 saturated carbocycles. The number of nitrogens with zero attached hydrogens (tertiary/aromatic N) is 2. The van der Waals surface area contributed by atoms with Crippen LogP contribution in [0.15, 0.2) is 60.9 Å². The van der Waals surface area contributed by atoms with Crippen molar-refractivity contribution in [2.24, 2.45) is 0 Å². The van der Waals surface area contributed by atoms with Gasteiger partial charge in [-0.1, -0.05) is 43.3 Å². The molecule has 0 unspecified atom stereocenters. The zero-order chi connectivity index (χ0) is 15.4. The minimum atomic E-state index is -0.108. The van der Waals surface area contributed by atoms with E-state index < -0.39 is 0 Å². The van der Waals surface area contributed by atoms with Gasteiger partial charge >= 0.3 is 0 Å². The van der Waals surface area contributed by atoms with E-state index in [0.29, 0.717) is 6.54 Å². The monoisotopic (exact) mass is 293 g/mol. The average molecular weight is 293 g/mol. The van der Waals surface area contributed by atoms with Crippen molar-refractivity contribution in [3.63, 3.8) is 0 Å². The third-order valence-electron chi connectivity index (χ3n) is 3.89. The lowest BCUT2D eigenvalue weighted by Gasteiger charge is -2.15. The lowest BCUT2D eigenvalue weighted by atomic mass is 9.95. The Morgan fingerprint density at radius 3 is 2.73 bits per heavy atom. The van der Waals surface area contributed by atoms with Crippen molar-refractivity contribution in [1.82, 2.24) is 14.9 Å². The zero-order valence-corrected chi connectivity index (χ0v) is 12.6. The van der Waals surface area contributed by atoms with Crippen molar-refractivity contribution in [3.05, 3.63) is 72.1 Å². The van der Waals surface area contributed by atoms with Crippen molar-refractivity contribution in [2.45, 2.75) is 25.8 Å². The molecular weight excluding hydrogens is 274 g/mol. The molecule has 4 nitrogen and oxygen atoms in total. The molecule has 1 atom stereocenters. The lowest BCUT2D eigenvalue weighted by molar-refractivity contribution is -0.122. The zero-order valence-electron chi connectivity index (χ0n) is 12.6. The van der Waals surface area contributed by atoms with E-state index in [1.165, 1.54) is 0 Å². The van der Waals surface area contributed by atoms with Crippen LogP contribution in [0, 0.1) is 0 Å². The van der Waals surface area contributed by atoms with Gasteiger partial charge in [0, 0.05) is 18.3 Å². The second kappa shape index (κ2) is 6.43. The van der Waals surface area contributed by atoms with Crippen LogP contribution < -0.4 is 5.32 Å². The molecule has 3 rings (SSSR count). The number of amides is 1. The van der Waals surface area contributed by atoms with Crippen molar-refractivity contribution in [1.29, 1.82) is 0 Å². The molecule has 1 N–H and O–H groups in total. The van der Waals surface area contributed by atoms with Gasteiger partial charge in [0.05, 0.1) is 17.6 Å². The summed E-state index contributed by atoms with van der Waals surface area (Å²) in [6.45, 7) is 2.53. The van der Waals surface area contributed by atoms with Gasteiger partial charge in [0.25, 0.3) is 0 Å². The quantitative estimate of drug-likeness (QED) is 0.785. The maximum absolute atomic E-state index is 12.5. The minimum absolute atomic E-state index is 0.0592. The third-order valence-corrected chi connectivity index (χ3v) is 3.89. The summed E-state index contributed by atoms with van der Waals surface area (Å²) in [6, 6.07) is 15.8. The van der Waals surface area contributed by atoms with E-state index in [4.69, 9.17) is 0 Å². The van der Waals surface area contributed by atoms with E-state index in [1.54, 1.807) is 6.20 Å². The Labute approximate surface area is 129 Å². The molecule has 1 amide bonds. The summed E-state index contributed by atoms with van der Waals surface area (Å²) >= 11 is 0. The second-order valence-corrected chi connectivity index (χ2v) is 5.29. The fourth-order valence-electron chi connectivity index (χ4n) is 2.69. The van der Waals surface area contributed by atoms with E-state index in [2.05, 4.69) is 10.4 Å². The molecule has 112 valence electrons. The van der Waals surface area contributed by atoms with Crippen LogP contribution in [0.5, 0.6) is 0 Å². The number of carbonyl (C=O) groups excluding carboxylic acids is 1. The van der Waals surface area contributed by atoms with Crippen molar-refractivity contribution in [3.8, 4) is 0 Å². The highest BCUT2D eigenvalue weighted by atomic mass is 16.1. The van der Waals surface area contributed by atoms with Gasteiger partial charge in [-0.05, 0) is 24.1 Å². The second-order valence-electron chi connectivity index (χ2n) is 5.29. The first-order valence-corrected chi connectivity index (χ1v) is 7.53. The molecule has 0 radical (unpaired) electrons. The highest BCUT2D eigenvalue weighted by Crippen LogP contribution is 2.19. The number of nitrogens with one attached hydrogen (secondary N) is 1. The SMILES string of the molecule is CC[C@@H](C(=O)NCc1cnn2ccccc12)c1ccccc1. The van der Waals surface area contributed by atoms with Crippen LogP contribution in [0.3, 0.4) is 0 Å². The predicted molar refractivity (Wildman–Crippen MR) is 86.5 cm³/mol.